The van der Waals surface area contributed by atoms with E-state index in [4.69, 9.17) is 21.9 Å². The average Bonchev–Trinajstić information content (AvgIpc) is 3.04. The minimum atomic E-state index is -0.212. The first-order valence-electron chi connectivity index (χ1n) is 5.72. The fraction of sp³-hybridized carbons (Fsp3) is 0.333. The SMILES string of the molecule is CC(CN)N(C)C(=O)c1cc(-c2ccc(Cl)s2)on1. The van der Waals surface area contributed by atoms with Gasteiger partial charge in [-0.15, -0.1) is 11.3 Å². The number of carbonyl (C=O) groups is 1. The predicted octanol–water partition coefficient (Wildman–Crippen LogP) is 2.48. The molecule has 2 rings (SSSR count). The van der Waals surface area contributed by atoms with Crippen molar-refractivity contribution < 1.29 is 9.32 Å². The standard InChI is InChI=1S/C12H14ClN3O2S/c1-7(6-14)16(2)12(17)8-5-9(18-15-8)10-3-4-11(13)19-10/h3-5,7H,6,14H2,1-2H3. The molecule has 102 valence electrons. The van der Waals surface area contributed by atoms with E-state index in [2.05, 4.69) is 5.16 Å². The third-order valence-corrected chi connectivity index (χ3v) is 4.11. The molecule has 2 heterocycles. The Labute approximate surface area is 119 Å². The summed E-state index contributed by atoms with van der Waals surface area (Å²) in [6, 6.07) is 5.16. The van der Waals surface area contributed by atoms with Gasteiger partial charge in [0.25, 0.3) is 5.91 Å². The maximum absolute atomic E-state index is 12.1. The molecule has 0 aliphatic rings. The Balaban J connectivity index is 2.19. The van der Waals surface area contributed by atoms with Gasteiger partial charge in [-0.25, -0.2) is 0 Å². The van der Waals surface area contributed by atoms with Crippen molar-refractivity contribution in [3.63, 3.8) is 0 Å². The monoisotopic (exact) mass is 299 g/mol. The molecule has 0 aliphatic carbocycles. The van der Waals surface area contributed by atoms with Gasteiger partial charge in [-0.3, -0.25) is 4.79 Å². The van der Waals surface area contributed by atoms with Crippen LogP contribution in [0.15, 0.2) is 22.7 Å². The Morgan fingerprint density at radius 1 is 1.63 bits per heavy atom. The Morgan fingerprint density at radius 2 is 2.37 bits per heavy atom. The van der Waals surface area contributed by atoms with Crippen LogP contribution in [0, 0.1) is 0 Å². The summed E-state index contributed by atoms with van der Waals surface area (Å²) in [7, 11) is 1.69. The van der Waals surface area contributed by atoms with Gasteiger partial charge in [0.1, 0.15) is 0 Å². The maximum atomic E-state index is 12.1. The summed E-state index contributed by atoms with van der Waals surface area (Å²) in [6.07, 6.45) is 0. The Kier molecular flexibility index (Phi) is 4.24. The predicted molar refractivity (Wildman–Crippen MR) is 75.4 cm³/mol. The Bertz CT molecular complexity index is 581. The van der Waals surface area contributed by atoms with Gasteiger partial charge < -0.3 is 15.2 Å². The summed E-state index contributed by atoms with van der Waals surface area (Å²) in [6.45, 7) is 2.27. The molecule has 0 aliphatic heterocycles. The Morgan fingerprint density at radius 3 is 2.95 bits per heavy atom. The molecule has 1 amide bonds. The number of rotatable bonds is 4. The first kappa shape index (κ1) is 14.0. The molecule has 0 bridgehead atoms. The second kappa shape index (κ2) is 5.73. The molecular weight excluding hydrogens is 286 g/mol. The molecule has 2 N–H and O–H groups in total. The van der Waals surface area contributed by atoms with Gasteiger partial charge in [0, 0.05) is 25.7 Å². The van der Waals surface area contributed by atoms with Crippen molar-refractivity contribution in [1.82, 2.24) is 10.1 Å². The lowest BCUT2D eigenvalue weighted by Gasteiger charge is -2.22. The molecule has 19 heavy (non-hydrogen) atoms. The lowest BCUT2D eigenvalue weighted by molar-refractivity contribution is 0.0738. The molecule has 1 atom stereocenters. The summed E-state index contributed by atoms with van der Waals surface area (Å²) >= 11 is 7.23. The van der Waals surface area contributed by atoms with E-state index in [1.165, 1.54) is 11.3 Å². The minimum Gasteiger partial charge on any atom is -0.355 e. The van der Waals surface area contributed by atoms with Crippen LogP contribution in [0.4, 0.5) is 0 Å². The molecule has 0 fully saturated rings. The highest BCUT2D eigenvalue weighted by Gasteiger charge is 2.21. The number of nitrogens with zero attached hydrogens (tertiary/aromatic N) is 2. The highest BCUT2D eigenvalue weighted by Crippen LogP contribution is 2.31. The van der Waals surface area contributed by atoms with Gasteiger partial charge in [-0.05, 0) is 19.1 Å². The topological polar surface area (TPSA) is 72.4 Å². The van der Waals surface area contributed by atoms with Gasteiger partial charge in [0.2, 0.25) is 0 Å². The molecule has 0 saturated heterocycles. The average molecular weight is 300 g/mol. The van der Waals surface area contributed by atoms with Crippen molar-refractivity contribution in [3.05, 3.63) is 28.2 Å². The van der Waals surface area contributed by atoms with E-state index in [1.54, 1.807) is 24.1 Å². The molecule has 0 aromatic carbocycles. The zero-order valence-corrected chi connectivity index (χ0v) is 12.2. The lowest BCUT2D eigenvalue weighted by atomic mass is 10.2. The van der Waals surface area contributed by atoms with E-state index in [1.807, 2.05) is 13.0 Å². The van der Waals surface area contributed by atoms with Gasteiger partial charge in [0.15, 0.2) is 11.5 Å². The highest BCUT2D eigenvalue weighted by molar-refractivity contribution is 7.19. The lowest BCUT2D eigenvalue weighted by Crippen LogP contribution is -2.39. The van der Waals surface area contributed by atoms with Crippen LogP contribution < -0.4 is 5.73 Å². The van der Waals surface area contributed by atoms with Crippen molar-refractivity contribution in [2.24, 2.45) is 5.73 Å². The second-order valence-corrected chi connectivity index (χ2v) is 5.90. The zero-order chi connectivity index (χ0) is 14.0. The van der Waals surface area contributed by atoms with E-state index in [0.717, 1.165) is 4.88 Å². The van der Waals surface area contributed by atoms with Crippen molar-refractivity contribution in [2.45, 2.75) is 13.0 Å². The molecule has 2 aromatic rings. The number of thiophene rings is 1. The number of hydrogen-bond donors (Lipinski definition) is 1. The molecule has 2 aromatic heterocycles. The van der Waals surface area contributed by atoms with Gasteiger partial charge in [-0.2, -0.15) is 0 Å². The van der Waals surface area contributed by atoms with Crippen LogP contribution in [0.25, 0.3) is 10.6 Å². The third-order valence-electron chi connectivity index (χ3n) is 2.87. The zero-order valence-electron chi connectivity index (χ0n) is 10.6. The van der Waals surface area contributed by atoms with Gasteiger partial charge in [-0.1, -0.05) is 16.8 Å². The van der Waals surface area contributed by atoms with E-state index in [9.17, 15) is 4.79 Å². The Hall–Kier alpha value is -1.37. The number of carbonyl (C=O) groups excluding carboxylic acids is 1. The summed E-state index contributed by atoms with van der Waals surface area (Å²) in [4.78, 5) is 14.5. The maximum Gasteiger partial charge on any atom is 0.276 e. The highest BCUT2D eigenvalue weighted by atomic mass is 35.5. The van der Waals surface area contributed by atoms with Crippen LogP contribution in [-0.4, -0.2) is 35.6 Å². The quantitative estimate of drug-likeness (QED) is 0.941. The molecule has 1 unspecified atom stereocenters. The smallest absolute Gasteiger partial charge is 0.276 e. The summed E-state index contributed by atoms with van der Waals surface area (Å²) in [5.41, 5.74) is 5.80. The van der Waals surface area contributed by atoms with Crippen LogP contribution in [0.5, 0.6) is 0 Å². The number of aromatic nitrogens is 1. The summed E-state index contributed by atoms with van der Waals surface area (Å²) in [5, 5.41) is 3.80. The molecule has 7 heteroatoms. The van der Waals surface area contributed by atoms with E-state index in [0.29, 0.717) is 16.6 Å². The van der Waals surface area contributed by atoms with Crippen molar-refractivity contribution in [1.29, 1.82) is 0 Å². The van der Waals surface area contributed by atoms with Gasteiger partial charge >= 0.3 is 0 Å². The fourth-order valence-corrected chi connectivity index (χ4v) is 2.47. The van der Waals surface area contributed by atoms with Crippen LogP contribution in [0.1, 0.15) is 17.4 Å². The largest absolute Gasteiger partial charge is 0.355 e. The number of hydrogen-bond acceptors (Lipinski definition) is 5. The summed E-state index contributed by atoms with van der Waals surface area (Å²) in [5.74, 6) is 0.324. The van der Waals surface area contributed by atoms with Crippen LogP contribution in [0.2, 0.25) is 4.34 Å². The van der Waals surface area contributed by atoms with Crippen molar-refractivity contribution in [3.8, 4) is 10.6 Å². The normalized spacial score (nSPS) is 12.4. The summed E-state index contributed by atoms with van der Waals surface area (Å²) < 4.78 is 5.83. The van der Waals surface area contributed by atoms with E-state index >= 15 is 0 Å². The van der Waals surface area contributed by atoms with E-state index < -0.39 is 0 Å². The number of halogens is 1. The third kappa shape index (κ3) is 2.97. The second-order valence-electron chi connectivity index (χ2n) is 4.18. The van der Waals surface area contributed by atoms with Crippen molar-refractivity contribution in [2.75, 3.05) is 13.6 Å². The number of likely N-dealkylation sites (N-methyl/N-ethyl adjacent to an activating group) is 1. The van der Waals surface area contributed by atoms with Crippen molar-refractivity contribution >= 4 is 28.8 Å². The first-order valence-corrected chi connectivity index (χ1v) is 6.92. The fourth-order valence-electron chi connectivity index (χ4n) is 1.48. The molecular formula is C12H14ClN3O2S. The number of nitrogens with two attached hydrogens (primary N) is 1. The minimum absolute atomic E-state index is 0.0520. The molecule has 5 nitrogen and oxygen atoms in total. The molecule has 0 radical (unpaired) electrons. The number of amides is 1. The van der Waals surface area contributed by atoms with Gasteiger partial charge in [0.05, 0.1) is 9.21 Å². The van der Waals surface area contributed by atoms with Crippen LogP contribution >= 0.6 is 22.9 Å². The van der Waals surface area contributed by atoms with E-state index in [-0.39, 0.29) is 17.6 Å². The first-order chi connectivity index (χ1) is 9.02. The van der Waals surface area contributed by atoms with Crippen LogP contribution in [-0.2, 0) is 0 Å². The molecule has 0 saturated carbocycles. The van der Waals surface area contributed by atoms with Crippen LogP contribution in [0.3, 0.4) is 0 Å². The molecule has 0 spiro atoms.